The molecule has 142 valence electrons. The molecule has 7 heteroatoms. The van der Waals surface area contributed by atoms with E-state index in [9.17, 15) is 14.4 Å². The van der Waals surface area contributed by atoms with Crippen LogP contribution in [0, 0.1) is 11.8 Å². The lowest BCUT2D eigenvalue weighted by Gasteiger charge is -2.36. The van der Waals surface area contributed by atoms with E-state index in [2.05, 4.69) is 0 Å². The van der Waals surface area contributed by atoms with E-state index in [0.29, 0.717) is 26.1 Å². The molecule has 2 aliphatic heterocycles. The van der Waals surface area contributed by atoms with E-state index in [-0.39, 0.29) is 42.2 Å². The van der Waals surface area contributed by atoms with Crippen LogP contribution in [0.4, 0.5) is 0 Å². The highest BCUT2D eigenvalue weighted by atomic mass is 16.5. The molecule has 2 rings (SSSR count). The maximum atomic E-state index is 13.0. The van der Waals surface area contributed by atoms with Crippen molar-refractivity contribution in [3.8, 4) is 0 Å². The van der Waals surface area contributed by atoms with Gasteiger partial charge in [-0.1, -0.05) is 13.8 Å². The first-order chi connectivity index (χ1) is 11.9. The SMILES string of the molecule is CCC(C)C(=O)N1CCCC(C(=O)N2CC(OC)CC2CC(=O)O)C1. The molecule has 4 atom stereocenters. The molecule has 4 unspecified atom stereocenters. The molecular formula is C18H30N2O5. The van der Waals surface area contributed by atoms with Crippen LogP contribution in [0.5, 0.6) is 0 Å². The Balaban J connectivity index is 2.04. The summed E-state index contributed by atoms with van der Waals surface area (Å²) < 4.78 is 5.34. The second-order valence-electron chi connectivity index (χ2n) is 7.27. The molecule has 0 saturated carbocycles. The molecule has 25 heavy (non-hydrogen) atoms. The summed E-state index contributed by atoms with van der Waals surface area (Å²) in [6.07, 6.45) is 2.72. The molecule has 0 aromatic carbocycles. The average Bonchev–Trinajstić information content (AvgIpc) is 3.01. The Hall–Kier alpha value is -1.63. The van der Waals surface area contributed by atoms with E-state index in [4.69, 9.17) is 9.84 Å². The normalized spacial score (nSPS) is 28.0. The zero-order valence-electron chi connectivity index (χ0n) is 15.4. The Labute approximate surface area is 149 Å². The van der Waals surface area contributed by atoms with E-state index in [0.717, 1.165) is 19.3 Å². The van der Waals surface area contributed by atoms with Gasteiger partial charge < -0.3 is 19.6 Å². The minimum atomic E-state index is -0.906. The minimum absolute atomic E-state index is 0.0294. The lowest BCUT2D eigenvalue weighted by Crippen LogP contribution is -2.49. The predicted octanol–water partition coefficient (Wildman–Crippen LogP) is 1.36. The number of amides is 2. The Bertz CT molecular complexity index is 510. The predicted molar refractivity (Wildman–Crippen MR) is 91.9 cm³/mol. The highest BCUT2D eigenvalue weighted by molar-refractivity contribution is 5.83. The summed E-state index contributed by atoms with van der Waals surface area (Å²) in [6, 6.07) is -0.324. The van der Waals surface area contributed by atoms with Gasteiger partial charge in [0.2, 0.25) is 11.8 Å². The van der Waals surface area contributed by atoms with Crippen molar-refractivity contribution in [3.05, 3.63) is 0 Å². The van der Waals surface area contributed by atoms with Gasteiger partial charge in [-0.15, -0.1) is 0 Å². The molecule has 0 spiro atoms. The van der Waals surface area contributed by atoms with E-state index in [1.807, 2.05) is 13.8 Å². The summed E-state index contributed by atoms with van der Waals surface area (Å²) in [5.74, 6) is -1.10. The number of carbonyl (C=O) groups is 3. The van der Waals surface area contributed by atoms with Crippen molar-refractivity contribution >= 4 is 17.8 Å². The fourth-order valence-corrected chi connectivity index (χ4v) is 3.81. The Morgan fingerprint density at radius 1 is 1.28 bits per heavy atom. The van der Waals surface area contributed by atoms with E-state index in [1.54, 1.807) is 16.9 Å². The lowest BCUT2D eigenvalue weighted by atomic mass is 9.94. The number of carbonyl (C=O) groups excluding carboxylic acids is 2. The number of hydrogen-bond acceptors (Lipinski definition) is 4. The monoisotopic (exact) mass is 354 g/mol. The van der Waals surface area contributed by atoms with Crippen LogP contribution in [0.3, 0.4) is 0 Å². The van der Waals surface area contributed by atoms with Crippen molar-refractivity contribution in [2.75, 3.05) is 26.7 Å². The van der Waals surface area contributed by atoms with Crippen LogP contribution in [0.2, 0.25) is 0 Å². The van der Waals surface area contributed by atoms with Crippen molar-refractivity contribution in [1.82, 2.24) is 9.80 Å². The molecule has 7 nitrogen and oxygen atoms in total. The molecule has 0 aromatic heterocycles. The molecule has 0 aromatic rings. The summed E-state index contributed by atoms with van der Waals surface area (Å²) in [6.45, 7) is 5.48. The molecule has 0 radical (unpaired) electrons. The van der Waals surface area contributed by atoms with Gasteiger partial charge in [-0.2, -0.15) is 0 Å². The molecule has 0 aliphatic carbocycles. The quantitative estimate of drug-likeness (QED) is 0.778. The van der Waals surface area contributed by atoms with E-state index >= 15 is 0 Å². The van der Waals surface area contributed by atoms with Crippen LogP contribution in [0.25, 0.3) is 0 Å². The van der Waals surface area contributed by atoms with Gasteiger partial charge in [0.25, 0.3) is 0 Å². The molecule has 2 aliphatic rings. The van der Waals surface area contributed by atoms with Crippen LogP contribution >= 0.6 is 0 Å². The number of rotatable bonds is 6. The van der Waals surface area contributed by atoms with Gasteiger partial charge in [-0.05, 0) is 25.7 Å². The second-order valence-corrected chi connectivity index (χ2v) is 7.27. The van der Waals surface area contributed by atoms with E-state index < -0.39 is 5.97 Å². The number of methoxy groups -OCH3 is 1. The molecule has 2 heterocycles. The molecule has 1 N–H and O–H groups in total. The number of likely N-dealkylation sites (tertiary alicyclic amines) is 2. The summed E-state index contributed by atoms with van der Waals surface area (Å²) in [4.78, 5) is 40.0. The number of aliphatic carboxylic acids is 1. The van der Waals surface area contributed by atoms with Gasteiger partial charge in [-0.25, -0.2) is 0 Å². The van der Waals surface area contributed by atoms with Gasteiger partial charge in [0.1, 0.15) is 0 Å². The minimum Gasteiger partial charge on any atom is -0.481 e. The van der Waals surface area contributed by atoms with Crippen LogP contribution in [0.1, 0.15) is 46.0 Å². The molecular weight excluding hydrogens is 324 g/mol. The van der Waals surface area contributed by atoms with Gasteiger partial charge >= 0.3 is 5.97 Å². The first-order valence-corrected chi connectivity index (χ1v) is 9.21. The smallest absolute Gasteiger partial charge is 0.305 e. The maximum Gasteiger partial charge on any atom is 0.305 e. The molecule has 2 amide bonds. The van der Waals surface area contributed by atoms with Crippen LogP contribution < -0.4 is 0 Å². The Kier molecular flexibility index (Phi) is 6.81. The van der Waals surface area contributed by atoms with Crippen molar-refractivity contribution < 1.29 is 24.2 Å². The van der Waals surface area contributed by atoms with Crippen molar-refractivity contribution in [3.63, 3.8) is 0 Å². The first-order valence-electron chi connectivity index (χ1n) is 9.21. The standard InChI is InChI=1S/C18H30N2O5/c1-4-12(2)17(23)19-7-5-6-13(10-19)18(24)20-11-15(25-3)8-14(20)9-16(21)22/h12-15H,4-11H2,1-3H3,(H,21,22). The fourth-order valence-electron chi connectivity index (χ4n) is 3.81. The second kappa shape index (κ2) is 8.65. The average molecular weight is 354 g/mol. The first kappa shape index (κ1) is 19.7. The third-order valence-electron chi connectivity index (χ3n) is 5.52. The summed E-state index contributed by atoms with van der Waals surface area (Å²) in [5.41, 5.74) is 0. The number of carboxylic acids is 1. The number of nitrogens with zero attached hydrogens (tertiary/aromatic N) is 2. The fraction of sp³-hybridized carbons (Fsp3) is 0.833. The van der Waals surface area contributed by atoms with Crippen molar-refractivity contribution in [2.24, 2.45) is 11.8 Å². The summed E-state index contributed by atoms with van der Waals surface area (Å²) >= 11 is 0. The van der Waals surface area contributed by atoms with Gasteiger partial charge in [-0.3, -0.25) is 14.4 Å². The number of piperidine rings is 1. The number of carboxylic acid groups (broad SMARTS) is 1. The number of hydrogen-bond donors (Lipinski definition) is 1. The van der Waals surface area contributed by atoms with Gasteiger partial charge in [0.05, 0.1) is 18.4 Å². The zero-order valence-corrected chi connectivity index (χ0v) is 15.4. The van der Waals surface area contributed by atoms with Crippen LogP contribution in [-0.4, -0.2) is 71.6 Å². The van der Waals surface area contributed by atoms with Crippen molar-refractivity contribution in [2.45, 2.75) is 58.1 Å². The highest BCUT2D eigenvalue weighted by Crippen LogP contribution is 2.28. The Morgan fingerprint density at radius 3 is 2.60 bits per heavy atom. The topological polar surface area (TPSA) is 87.2 Å². The largest absolute Gasteiger partial charge is 0.481 e. The third kappa shape index (κ3) is 4.71. The summed E-state index contributed by atoms with van der Waals surface area (Å²) in [5, 5.41) is 9.11. The summed E-state index contributed by atoms with van der Waals surface area (Å²) in [7, 11) is 1.59. The van der Waals surface area contributed by atoms with Crippen LogP contribution in [0.15, 0.2) is 0 Å². The lowest BCUT2D eigenvalue weighted by molar-refractivity contribution is -0.144. The van der Waals surface area contributed by atoms with E-state index in [1.165, 1.54) is 0 Å². The van der Waals surface area contributed by atoms with Gasteiger partial charge in [0.15, 0.2) is 0 Å². The highest BCUT2D eigenvalue weighted by Gasteiger charge is 2.40. The molecule has 2 fully saturated rings. The zero-order chi connectivity index (χ0) is 18.6. The molecule has 2 saturated heterocycles. The maximum absolute atomic E-state index is 13.0. The van der Waals surface area contributed by atoms with Gasteiger partial charge in [0, 0.05) is 38.7 Å². The third-order valence-corrected chi connectivity index (χ3v) is 5.52. The molecule has 0 bridgehead atoms. The Morgan fingerprint density at radius 2 is 2.00 bits per heavy atom. The number of ether oxygens (including phenoxy) is 1. The van der Waals surface area contributed by atoms with Crippen molar-refractivity contribution in [1.29, 1.82) is 0 Å². The van der Waals surface area contributed by atoms with Crippen LogP contribution in [-0.2, 0) is 19.1 Å².